The van der Waals surface area contributed by atoms with Gasteiger partial charge in [-0.15, -0.1) is 11.8 Å². The van der Waals surface area contributed by atoms with Gasteiger partial charge in [0, 0.05) is 5.69 Å². The Hall–Kier alpha value is -2.02. The fraction of sp³-hybridized carbons (Fsp3) is 0.400. The molecular weight excluding hydrogens is 304 g/mol. The molecule has 0 radical (unpaired) electrons. The van der Waals surface area contributed by atoms with E-state index in [1.54, 1.807) is 6.92 Å². The lowest BCUT2D eigenvalue weighted by atomic mass is 10.2. The van der Waals surface area contributed by atoms with Crippen LogP contribution in [0.4, 0.5) is 5.69 Å². The molecule has 0 aliphatic rings. The summed E-state index contributed by atoms with van der Waals surface area (Å²) < 4.78 is 0. The van der Waals surface area contributed by atoms with Crippen LogP contribution in [0.2, 0.25) is 0 Å². The van der Waals surface area contributed by atoms with Gasteiger partial charge in [-0.25, -0.2) is 0 Å². The predicted octanol–water partition coefficient (Wildman–Crippen LogP) is 1.64. The number of rotatable bonds is 7. The number of anilines is 1. The highest BCUT2D eigenvalue weighted by Crippen LogP contribution is 2.13. The molecule has 0 spiro atoms. The van der Waals surface area contributed by atoms with Crippen molar-refractivity contribution in [2.45, 2.75) is 32.1 Å². The number of hydrogen-bond acceptors (Lipinski definition) is 4. The molecule has 1 aromatic rings. The monoisotopic (exact) mass is 324 g/mol. The van der Waals surface area contributed by atoms with Crippen molar-refractivity contribution >= 4 is 35.2 Å². The van der Waals surface area contributed by atoms with E-state index >= 15 is 0 Å². The molecule has 0 saturated heterocycles. The summed E-state index contributed by atoms with van der Waals surface area (Å²) in [5.74, 6) is -1.59. The smallest absolute Gasteiger partial charge is 0.325 e. The van der Waals surface area contributed by atoms with Crippen LogP contribution in [0.15, 0.2) is 24.3 Å². The molecule has 0 aliphatic carbocycles. The van der Waals surface area contributed by atoms with Crippen molar-refractivity contribution in [3.63, 3.8) is 0 Å². The van der Waals surface area contributed by atoms with Gasteiger partial charge in [0.1, 0.15) is 6.04 Å². The Labute approximate surface area is 133 Å². The number of benzene rings is 1. The summed E-state index contributed by atoms with van der Waals surface area (Å²) in [5, 5.41) is 13.3. The fourth-order valence-corrected chi connectivity index (χ4v) is 2.20. The summed E-state index contributed by atoms with van der Waals surface area (Å²) in [7, 11) is 0. The zero-order valence-corrected chi connectivity index (χ0v) is 13.6. The Morgan fingerprint density at radius 3 is 2.32 bits per heavy atom. The maximum Gasteiger partial charge on any atom is 0.325 e. The number of hydrogen-bond donors (Lipinski definition) is 3. The predicted molar refractivity (Wildman–Crippen MR) is 87.0 cm³/mol. The van der Waals surface area contributed by atoms with Crippen LogP contribution in [0, 0.1) is 6.92 Å². The fourth-order valence-electron chi connectivity index (χ4n) is 1.50. The van der Waals surface area contributed by atoms with Crippen LogP contribution >= 0.6 is 11.8 Å². The first kappa shape index (κ1) is 18.0. The van der Waals surface area contributed by atoms with E-state index in [-0.39, 0.29) is 11.7 Å². The Bertz CT molecular complexity index is 545. The van der Waals surface area contributed by atoms with Crippen LogP contribution < -0.4 is 10.6 Å². The topological polar surface area (TPSA) is 95.5 Å². The average molecular weight is 324 g/mol. The van der Waals surface area contributed by atoms with E-state index in [1.807, 2.05) is 31.2 Å². The van der Waals surface area contributed by atoms with Crippen molar-refractivity contribution in [2.24, 2.45) is 0 Å². The van der Waals surface area contributed by atoms with E-state index in [4.69, 9.17) is 5.11 Å². The third-order valence-electron chi connectivity index (χ3n) is 2.90. The summed E-state index contributed by atoms with van der Waals surface area (Å²) in [6.07, 6.45) is 0. The Kier molecular flexibility index (Phi) is 6.91. The van der Waals surface area contributed by atoms with Gasteiger partial charge in [-0.05, 0) is 32.9 Å². The average Bonchev–Trinajstić information content (AvgIpc) is 2.46. The lowest BCUT2D eigenvalue weighted by molar-refractivity contribution is -0.141. The zero-order valence-electron chi connectivity index (χ0n) is 12.8. The summed E-state index contributed by atoms with van der Waals surface area (Å²) in [4.78, 5) is 34.2. The van der Waals surface area contributed by atoms with Crippen LogP contribution in [0.5, 0.6) is 0 Å². The van der Waals surface area contributed by atoms with Gasteiger partial charge < -0.3 is 15.7 Å². The minimum atomic E-state index is -1.09. The SMILES string of the molecule is Cc1ccc(NC(=O)CSC(C)C(=O)N[C@@H](C)C(=O)O)cc1. The molecule has 2 atom stereocenters. The van der Waals surface area contributed by atoms with Crippen LogP contribution in [0.3, 0.4) is 0 Å². The number of carbonyl (C=O) groups excluding carboxylic acids is 2. The van der Waals surface area contributed by atoms with Crippen molar-refractivity contribution in [2.75, 3.05) is 11.1 Å². The quantitative estimate of drug-likeness (QED) is 0.709. The number of nitrogens with one attached hydrogen (secondary N) is 2. The van der Waals surface area contributed by atoms with Gasteiger partial charge in [0.2, 0.25) is 11.8 Å². The van der Waals surface area contributed by atoms with E-state index < -0.39 is 23.2 Å². The molecule has 0 bridgehead atoms. The van der Waals surface area contributed by atoms with Crippen molar-refractivity contribution < 1.29 is 19.5 Å². The number of carbonyl (C=O) groups is 3. The number of thioether (sulfide) groups is 1. The first-order valence-electron chi connectivity index (χ1n) is 6.81. The highest BCUT2D eigenvalue weighted by molar-refractivity contribution is 8.01. The maximum absolute atomic E-state index is 11.8. The molecule has 2 amide bonds. The summed E-state index contributed by atoms with van der Waals surface area (Å²) >= 11 is 1.15. The molecule has 1 rings (SSSR count). The minimum absolute atomic E-state index is 0.115. The second kappa shape index (κ2) is 8.43. The largest absolute Gasteiger partial charge is 0.480 e. The van der Waals surface area contributed by atoms with Gasteiger partial charge in [-0.2, -0.15) is 0 Å². The van der Waals surface area contributed by atoms with Gasteiger partial charge >= 0.3 is 5.97 Å². The molecule has 1 unspecified atom stereocenters. The van der Waals surface area contributed by atoms with Crippen LogP contribution in [-0.4, -0.2) is 39.9 Å². The molecule has 0 heterocycles. The first-order chi connectivity index (χ1) is 10.3. The second-order valence-corrected chi connectivity index (χ2v) is 6.27. The molecule has 120 valence electrons. The van der Waals surface area contributed by atoms with E-state index in [2.05, 4.69) is 10.6 Å². The normalized spacial score (nSPS) is 13.0. The Morgan fingerprint density at radius 2 is 1.77 bits per heavy atom. The van der Waals surface area contributed by atoms with E-state index in [0.717, 1.165) is 17.3 Å². The summed E-state index contributed by atoms with van der Waals surface area (Å²) in [6, 6.07) is 6.46. The van der Waals surface area contributed by atoms with Crippen LogP contribution in [0.1, 0.15) is 19.4 Å². The number of carboxylic acids is 1. The molecule has 22 heavy (non-hydrogen) atoms. The van der Waals surface area contributed by atoms with Crippen LogP contribution in [0.25, 0.3) is 0 Å². The maximum atomic E-state index is 11.8. The molecule has 3 N–H and O–H groups in total. The van der Waals surface area contributed by atoms with Crippen molar-refractivity contribution in [3.8, 4) is 0 Å². The number of amides is 2. The zero-order chi connectivity index (χ0) is 16.7. The molecule has 6 nitrogen and oxygen atoms in total. The molecule has 0 saturated carbocycles. The molecular formula is C15H20N2O4S. The highest BCUT2D eigenvalue weighted by Gasteiger charge is 2.20. The van der Waals surface area contributed by atoms with Gasteiger partial charge in [-0.3, -0.25) is 14.4 Å². The lowest BCUT2D eigenvalue weighted by Crippen LogP contribution is -2.42. The second-order valence-electron chi connectivity index (χ2n) is 4.94. The molecule has 0 aromatic heterocycles. The Morgan fingerprint density at radius 1 is 1.18 bits per heavy atom. The third kappa shape index (κ3) is 6.17. The van der Waals surface area contributed by atoms with Gasteiger partial charge in [-0.1, -0.05) is 17.7 Å². The molecule has 0 fully saturated rings. The van der Waals surface area contributed by atoms with E-state index in [0.29, 0.717) is 5.69 Å². The van der Waals surface area contributed by atoms with Gasteiger partial charge in [0.15, 0.2) is 0 Å². The standard InChI is InChI=1S/C15H20N2O4S/c1-9-4-6-12(7-5-9)17-13(18)8-22-11(3)14(19)16-10(2)15(20)21/h4-7,10-11H,8H2,1-3H3,(H,16,19)(H,17,18)(H,20,21)/t10-,11?/m0/s1. The highest BCUT2D eigenvalue weighted by atomic mass is 32.2. The van der Waals surface area contributed by atoms with Crippen molar-refractivity contribution in [1.82, 2.24) is 5.32 Å². The van der Waals surface area contributed by atoms with E-state index in [1.165, 1.54) is 6.92 Å². The summed E-state index contributed by atoms with van der Waals surface area (Å²) in [6.45, 7) is 4.98. The lowest BCUT2D eigenvalue weighted by Gasteiger charge is -2.14. The van der Waals surface area contributed by atoms with Crippen LogP contribution in [-0.2, 0) is 14.4 Å². The third-order valence-corrected chi connectivity index (χ3v) is 4.04. The van der Waals surface area contributed by atoms with Gasteiger partial charge in [0.05, 0.1) is 11.0 Å². The number of aliphatic carboxylic acids is 1. The van der Waals surface area contributed by atoms with Crippen molar-refractivity contribution in [1.29, 1.82) is 0 Å². The number of carboxylic acid groups (broad SMARTS) is 1. The van der Waals surface area contributed by atoms with E-state index in [9.17, 15) is 14.4 Å². The van der Waals surface area contributed by atoms with Gasteiger partial charge in [0.25, 0.3) is 0 Å². The number of aryl methyl sites for hydroxylation is 1. The summed E-state index contributed by atoms with van der Waals surface area (Å²) in [5.41, 5.74) is 1.80. The Balaban J connectivity index is 2.38. The molecule has 1 aromatic carbocycles. The first-order valence-corrected chi connectivity index (χ1v) is 7.85. The minimum Gasteiger partial charge on any atom is -0.480 e. The molecule has 7 heteroatoms. The van der Waals surface area contributed by atoms with Crippen molar-refractivity contribution in [3.05, 3.63) is 29.8 Å². The molecule has 0 aliphatic heterocycles.